The van der Waals surface area contributed by atoms with Gasteiger partial charge in [-0.2, -0.15) is 0 Å². The summed E-state index contributed by atoms with van der Waals surface area (Å²) in [6, 6.07) is 4.42. The summed E-state index contributed by atoms with van der Waals surface area (Å²) >= 11 is 0. The minimum Gasteiger partial charge on any atom is -0.497 e. The second-order valence-corrected chi connectivity index (χ2v) is 5.52. The number of ether oxygens (including phenoxy) is 2. The standard InChI is InChI=1S/C16H21N3O5/c1-10(12-7-11(23-3)5-6-13(12)24-4)17-14(20)8-19-15(21)9-18(2)16(19)22/h5-7,10H,8-9H2,1-4H3,(H,17,20)/t10-/m1/s1. The van der Waals surface area contributed by atoms with Crippen LogP contribution in [0.4, 0.5) is 4.79 Å². The van der Waals surface area contributed by atoms with Gasteiger partial charge in [0.1, 0.15) is 24.6 Å². The fraction of sp³-hybridized carbons (Fsp3) is 0.438. The van der Waals surface area contributed by atoms with Crippen molar-refractivity contribution in [1.29, 1.82) is 0 Å². The Hall–Kier alpha value is -2.77. The molecule has 1 aliphatic rings. The van der Waals surface area contributed by atoms with Gasteiger partial charge in [-0.3, -0.25) is 14.5 Å². The summed E-state index contributed by atoms with van der Waals surface area (Å²) in [5, 5.41) is 2.77. The Morgan fingerprint density at radius 2 is 2.00 bits per heavy atom. The SMILES string of the molecule is COc1ccc(OC)c([C@@H](C)NC(=O)CN2C(=O)CN(C)C2=O)c1. The molecule has 4 amide bonds. The lowest BCUT2D eigenvalue weighted by Crippen LogP contribution is -2.41. The van der Waals surface area contributed by atoms with Crippen LogP contribution in [0.15, 0.2) is 18.2 Å². The minimum atomic E-state index is -0.471. The van der Waals surface area contributed by atoms with Crippen LogP contribution in [-0.2, 0) is 9.59 Å². The summed E-state index contributed by atoms with van der Waals surface area (Å²) in [4.78, 5) is 37.9. The molecule has 8 nitrogen and oxygen atoms in total. The first-order valence-corrected chi connectivity index (χ1v) is 7.44. The van der Waals surface area contributed by atoms with Gasteiger partial charge in [0, 0.05) is 12.6 Å². The van der Waals surface area contributed by atoms with E-state index in [2.05, 4.69) is 5.32 Å². The largest absolute Gasteiger partial charge is 0.497 e. The molecule has 1 saturated heterocycles. The van der Waals surface area contributed by atoms with Gasteiger partial charge in [0.25, 0.3) is 5.91 Å². The fourth-order valence-corrected chi connectivity index (χ4v) is 2.51. The highest BCUT2D eigenvalue weighted by Crippen LogP contribution is 2.29. The van der Waals surface area contributed by atoms with Crippen LogP contribution in [0.3, 0.4) is 0 Å². The Balaban J connectivity index is 2.06. The highest BCUT2D eigenvalue weighted by molar-refractivity contribution is 6.04. The quantitative estimate of drug-likeness (QED) is 0.776. The van der Waals surface area contributed by atoms with Gasteiger partial charge in [-0.15, -0.1) is 0 Å². The van der Waals surface area contributed by atoms with Crippen molar-refractivity contribution in [3.63, 3.8) is 0 Å². The first-order chi connectivity index (χ1) is 11.4. The minimum absolute atomic E-state index is 0.00856. The van der Waals surface area contributed by atoms with Crippen LogP contribution >= 0.6 is 0 Å². The third-order valence-electron chi connectivity index (χ3n) is 3.81. The summed E-state index contributed by atoms with van der Waals surface area (Å²) in [6.45, 7) is 1.47. The van der Waals surface area contributed by atoms with Crippen LogP contribution in [0.25, 0.3) is 0 Å². The number of nitrogens with one attached hydrogen (secondary N) is 1. The number of carbonyl (C=O) groups excluding carboxylic acids is 3. The van der Waals surface area contributed by atoms with Crippen molar-refractivity contribution in [2.24, 2.45) is 0 Å². The van der Waals surface area contributed by atoms with Gasteiger partial charge in [-0.1, -0.05) is 0 Å². The number of carbonyl (C=O) groups is 3. The van der Waals surface area contributed by atoms with E-state index in [1.165, 1.54) is 19.1 Å². The van der Waals surface area contributed by atoms with Gasteiger partial charge < -0.3 is 19.7 Å². The average molecular weight is 335 g/mol. The monoisotopic (exact) mass is 335 g/mol. The van der Waals surface area contributed by atoms with Crippen LogP contribution in [0.2, 0.25) is 0 Å². The number of amides is 4. The molecule has 0 aliphatic carbocycles. The second-order valence-electron chi connectivity index (χ2n) is 5.52. The maximum Gasteiger partial charge on any atom is 0.327 e. The lowest BCUT2D eigenvalue weighted by atomic mass is 10.1. The summed E-state index contributed by atoms with van der Waals surface area (Å²) in [5.74, 6) is 0.434. The van der Waals surface area contributed by atoms with Crippen LogP contribution < -0.4 is 14.8 Å². The topological polar surface area (TPSA) is 88.2 Å². The first-order valence-electron chi connectivity index (χ1n) is 7.44. The van der Waals surface area contributed by atoms with Gasteiger partial charge in [0.2, 0.25) is 5.91 Å². The van der Waals surface area contributed by atoms with Crippen LogP contribution in [0, 0.1) is 0 Å². The third-order valence-corrected chi connectivity index (χ3v) is 3.81. The zero-order valence-electron chi connectivity index (χ0n) is 14.2. The molecule has 0 bridgehead atoms. The molecule has 1 heterocycles. The molecule has 0 radical (unpaired) electrons. The predicted octanol–water partition coefficient (Wildman–Crippen LogP) is 0.775. The number of imide groups is 1. The number of urea groups is 1. The van der Waals surface area contributed by atoms with Crippen molar-refractivity contribution in [2.45, 2.75) is 13.0 Å². The van der Waals surface area contributed by atoms with Gasteiger partial charge in [-0.05, 0) is 25.1 Å². The maximum atomic E-state index is 12.2. The summed E-state index contributed by atoms with van der Waals surface area (Å²) in [7, 11) is 4.61. The Morgan fingerprint density at radius 1 is 1.29 bits per heavy atom. The molecule has 24 heavy (non-hydrogen) atoms. The summed E-state index contributed by atoms with van der Waals surface area (Å²) < 4.78 is 10.5. The summed E-state index contributed by atoms with van der Waals surface area (Å²) in [6.07, 6.45) is 0. The van der Waals surface area contributed by atoms with Gasteiger partial charge >= 0.3 is 6.03 Å². The molecule has 2 rings (SSSR count). The Morgan fingerprint density at radius 3 is 2.54 bits per heavy atom. The molecule has 1 aromatic carbocycles. The summed E-state index contributed by atoms with van der Waals surface area (Å²) in [5.41, 5.74) is 0.737. The van der Waals surface area contributed by atoms with Gasteiger partial charge in [-0.25, -0.2) is 4.79 Å². The Kier molecular flexibility index (Phi) is 5.28. The van der Waals surface area contributed by atoms with E-state index >= 15 is 0 Å². The van der Waals surface area contributed by atoms with Crippen LogP contribution in [0.5, 0.6) is 11.5 Å². The number of hydrogen-bond donors (Lipinski definition) is 1. The molecule has 1 fully saturated rings. The molecule has 130 valence electrons. The molecule has 0 saturated carbocycles. The zero-order valence-corrected chi connectivity index (χ0v) is 14.2. The van der Waals surface area contributed by atoms with E-state index in [1.54, 1.807) is 32.2 Å². The number of rotatable bonds is 6. The number of nitrogens with zero attached hydrogens (tertiary/aromatic N) is 2. The third kappa shape index (κ3) is 3.58. The van der Waals surface area contributed by atoms with Gasteiger partial charge in [0.05, 0.1) is 20.3 Å². The maximum absolute atomic E-state index is 12.2. The van der Waals surface area contributed by atoms with Crippen molar-refractivity contribution >= 4 is 17.8 Å². The highest BCUT2D eigenvalue weighted by Gasteiger charge is 2.35. The van der Waals surface area contributed by atoms with E-state index in [-0.39, 0.29) is 25.0 Å². The number of hydrogen-bond acceptors (Lipinski definition) is 5. The zero-order chi connectivity index (χ0) is 17.9. The molecular weight excluding hydrogens is 314 g/mol. The number of likely N-dealkylation sites (N-methyl/N-ethyl adjacent to an activating group) is 1. The molecule has 0 aromatic heterocycles. The normalized spacial score (nSPS) is 15.5. The van der Waals surface area contributed by atoms with Crippen molar-refractivity contribution in [2.75, 3.05) is 34.4 Å². The van der Waals surface area contributed by atoms with Crippen molar-refractivity contribution in [3.8, 4) is 11.5 Å². The van der Waals surface area contributed by atoms with Crippen molar-refractivity contribution in [1.82, 2.24) is 15.1 Å². The lowest BCUT2D eigenvalue weighted by Gasteiger charge is -2.20. The Labute approximate surface area is 140 Å². The van der Waals surface area contributed by atoms with E-state index in [4.69, 9.17) is 9.47 Å². The van der Waals surface area contributed by atoms with E-state index < -0.39 is 11.9 Å². The molecule has 0 spiro atoms. The van der Waals surface area contributed by atoms with Gasteiger partial charge in [0.15, 0.2) is 0 Å². The molecular formula is C16H21N3O5. The molecule has 1 atom stereocenters. The first kappa shape index (κ1) is 17.6. The Bertz CT molecular complexity index is 661. The second kappa shape index (κ2) is 7.20. The van der Waals surface area contributed by atoms with Crippen LogP contribution in [-0.4, -0.2) is 62.0 Å². The van der Waals surface area contributed by atoms with Crippen molar-refractivity contribution < 1.29 is 23.9 Å². The van der Waals surface area contributed by atoms with E-state index in [1.807, 2.05) is 0 Å². The predicted molar refractivity (Wildman–Crippen MR) is 85.8 cm³/mol. The molecule has 1 aliphatic heterocycles. The van der Waals surface area contributed by atoms with E-state index in [0.29, 0.717) is 11.5 Å². The van der Waals surface area contributed by atoms with Crippen molar-refractivity contribution in [3.05, 3.63) is 23.8 Å². The fourth-order valence-electron chi connectivity index (χ4n) is 2.51. The number of benzene rings is 1. The van der Waals surface area contributed by atoms with Crippen LogP contribution in [0.1, 0.15) is 18.5 Å². The average Bonchev–Trinajstić information content (AvgIpc) is 2.80. The van der Waals surface area contributed by atoms with E-state index in [0.717, 1.165) is 10.5 Å². The molecule has 1 aromatic rings. The molecule has 8 heteroatoms. The smallest absolute Gasteiger partial charge is 0.327 e. The number of methoxy groups -OCH3 is 2. The molecule has 0 unspecified atom stereocenters. The lowest BCUT2D eigenvalue weighted by molar-refractivity contribution is -0.131. The highest BCUT2D eigenvalue weighted by atomic mass is 16.5. The molecule has 1 N–H and O–H groups in total. The van der Waals surface area contributed by atoms with E-state index in [9.17, 15) is 14.4 Å².